The maximum Gasteiger partial charge on any atom is 0.167 e. The molecule has 0 aliphatic rings. The van der Waals surface area contributed by atoms with Crippen molar-refractivity contribution < 1.29 is 0 Å². The number of nitrogens with zero attached hydrogens (tertiary/aromatic N) is 2. The Bertz CT molecular complexity index is 918. The summed E-state index contributed by atoms with van der Waals surface area (Å²) in [4.78, 5) is 3.45. The Labute approximate surface area is 120 Å². The molecular weight excluding hydrogens is 262 g/mol. The van der Waals surface area contributed by atoms with E-state index in [0.29, 0.717) is 5.82 Å². The minimum Gasteiger partial charge on any atom is -0.354 e. The molecule has 2 heterocycles. The van der Waals surface area contributed by atoms with E-state index < -0.39 is 0 Å². The highest BCUT2D eigenvalue weighted by atomic mass is 15.3. The van der Waals surface area contributed by atoms with Crippen LogP contribution in [-0.4, -0.2) is 21.4 Å². The largest absolute Gasteiger partial charge is 0.354 e. The molecule has 4 rings (SSSR count). The molecule has 2 aromatic heterocycles. The number of anilines is 1. The molecule has 0 radical (unpaired) electrons. The first-order valence-electron chi connectivity index (χ1n) is 6.70. The SMILES string of the molecule is C(=NNc1cc[nH]n1)c1cccc2c1[nH]c1ccccc12. The standard InChI is InChI=1S/C16H13N5/c1-2-7-14-12(5-1)13-6-3-4-11(16(13)19-14)10-18-21-15-8-9-17-20-15/h1-10,19H,(H2,17,20,21). The molecule has 5 heteroatoms. The summed E-state index contributed by atoms with van der Waals surface area (Å²) in [5, 5.41) is 13.4. The highest BCUT2D eigenvalue weighted by Crippen LogP contribution is 2.26. The quantitative estimate of drug-likeness (QED) is 0.395. The lowest BCUT2D eigenvalue weighted by atomic mass is 10.1. The third kappa shape index (κ3) is 2.04. The monoisotopic (exact) mass is 275 g/mol. The van der Waals surface area contributed by atoms with Gasteiger partial charge in [0.1, 0.15) is 0 Å². The number of para-hydroxylation sites is 2. The van der Waals surface area contributed by atoms with Gasteiger partial charge < -0.3 is 4.98 Å². The van der Waals surface area contributed by atoms with Crippen molar-refractivity contribution in [3.05, 3.63) is 60.3 Å². The number of hydrogen-bond acceptors (Lipinski definition) is 3. The maximum atomic E-state index is 4.23. The number of fused-ring (bicyclic) bond motifs is 3. The molecule has 3 N–H and O–H groups in total. The Morgan fingerprint density at radius 1 is 1.00 bits per heavy atom. The van der Waals surface area contributed by atoms with Crippen LogP contribution in [0.5, 0.6) is 0 Å². The van der Waals surface area contributed by atoms with Gasteiger partial charge in [0.15, 0.2) is 5.82 Å². The minimum absolute atomic E-state index is 0.690. The van der Waals surface area contributed by atoms with Crippen LogP contribution >= 0.6 is 0 Å². The highest BCUT2D eigenvalue weighted by Gasteiger charge is 2.05. The fourth-order valence-electron chi connectivity index (χ4n) is 2.49. The Morgan fingerprint density at radius 3 is 2.81 bits per heavy atom. The number of hydrazone groups is 1. The van der Waals surface area contributed by atoms with Gasteiger partial charge in [0, 0.05) is 34.1 Å². The van der Waals surface area contributed by atoms with Crippen LogP contribution in [0, 0.1) is 0 Å². The maximum absolute atomic E-state index is 4.23. The van der Waals surface area contributed by atoms with Crippen LogP contribution in [0.1, 0.15) is 5.56 Å². The molecule has 0 fully saturated rings. The molecule has 0 saturated carbocycles. The normalized spacial score (nSPS) is 11.6. The molecule has 5 nitrogen and oxygen atoms in total. The van der Waals surface area contributed by atoms with Crippen molar-refractivity contribution in [2.24, 2.45) is 5.10 Å². The number of aromatic nitrogens is 3. The predicted octanol–water partition coefficient (Wildman–Crippen LogP) is 3.49. The zero-order valence-electron chi connectivity index (χ0n) is 11.2. The van der Waals surface area contributed by atoms with Crippen molar-refractivity contribution in [3.63, 3.8) is 0 Å². The predicted molar refractivity (Wildman–Crippen MR) is 85.6 cm³/mol. The van der Waals surface area contributed by atoms with E-state index in [9.17, 15) is 0 Å². The molecule has 0 saturated heterocycles. The Morgan fingerprint density at radius 2 is 1.90 bits per heavy atom. The van der Waals surface area contributed by atoms with E-state index in [2.05, 4.69) is 50.0 Å². The molecule has 0 unspecified atom stereocenters. The Hall–Kier alpha value is -3.08. The van der Waals surface area contributed by atoms with Gasteiger partial charge in [-0.2, -0.15) is 10.2 Å². The van der Waals surface area contributed by atoms with Crippen LogP contribution in [-0.2, 0) is 0 Å². The van der Waals surface area contributed by atoms with Crippen molar-refractivity contribution in [2.45, 2.75) is 0 Å². The second-order valence-corrected chi connectivity index (χ2v) is 4.77. The van der Waals surface area contributed by atoms with E-state index in [4.69, 9.17) is 0 Å². The summed E-state index contributed by atoms with van der Waals surface area (Å²) in [6, 6.07) is 16.3. The molecule has 4 aromatic rings. The van der Waals surface area contributed by atoms with E-state index in [1.165, 1.54) is 10.8 Å². The molecular formula is C16H13N5. The summed E-state index contributed by atoms with van der Waals surface area (Å²) >= 11 is 0. The molecule has 0 atom stereocenters. The minimum atomic E-state index is 0.690. The first-order chi connectivity index (χ1) is 10.4. The third-order valence-corrected chi connectivity index (χ3v) is 3.46. The van der Waals surface area contributed by atoms with Gasteiger partial charge in [0.25, 0.3) is 0 Å². The molecule has 0 spiro atoms. The summed E-state index contributed by atoms with van der Waals surface area (Å²) in [6.45, 7) is 0. The van der Waals surface area contributed by atoms with E-state index in [1.54, 1.807) is 12.4 Å². The van der Waals surface area contributed by atoms with E-state index in [1.807, 2.05) is 24.3 Å². The molecule has 0 amide bonds. The molecule has 21 heavy (non-hydrogen) atoms. The first kappa shape index (κ1) is 11.7. The van der Waals surface area contributed by atoms with Crippen LogP contribution in [0.25, 0.3) is 21.8 Å². The van der Waals surface area contributed by atoms with Crippen molar-refractivity contribution in [1.82, 2.24) is 15.2 Å². The summed E-state index contributed by atoms with van der Waals surface area (Å²) in [5.41, 5.74) is 6.14. The molecule has 0 aliphatic carbocycles. The van der Waals surface area contributed by atoms with Gasteiger partial charge >= 0.3 is 0 Å². The Balaban J connectivity index is 1.76. The highest BCUT2D eigenvalue weighted by molar-refractivity contribution is 6.12. The van der Waals surface area contributed by atoms with Gasteiger partial charge in [-0.25, -0.2) is 0 Å². The topological polar surface area (TPSA) is 68.9 Å². The van der Waals surface area contributed by atoms with Crippen molar-refractivity contribution in [3.8, 4) is 0 Å². The van der Waals surface area contributed by atoms with Gasteiger partial charge in [0.2, 0.25) is 0 Å². The fraction of sp³-hybridized carbons (Fsp3) is 0. The van der Waals surface area contributed by atoms with Gasteiger partial charge in [0.05, 0.1) is 11.7 Å². The van der Waals surface area contributed by atoms with Gasteiger partial charge in [-0.3, -0.25) is 10.5 Å². The second-order valence-electron chi connectivity index (χ2n) is 4.77. The van der Waals surface area contributed by atoms with Crippen LogP contribution < -0.4 is 5.43 Å². The average Bonchev–Trinajstić information content (AvgIpc) is 3.15. The van der Waals surface area contributed by atoms with Crippen LogP contribution in [0.15, 0.2) is 59.8 Å². The lowest BCUT2D eigenvalue weighted by Crippen LogP contribution is -1.91. The lowest BCUT2D eigenvalue weighted by Gasteiger charge is -1.97. The van der Waals surface area contributed by atoms with Crippen LogP contribution in [0.3, 0.4) is 0 Å². The summed E-state index contributed by atoms with van der Waals surface area (Å²) in [5.74, 6) is 0.690. The summed E-state index contributed by atoms with van der Waals surface area (Å²) in [6.07, 6.45) is 3.54. The smallest absolute Gasteiger partial charge is 0.167 e. The van der Waals surface area contributed by atoms with Gasteiger partial charge in [-0.15, -0.1) is 0 Å². The number of aromatic amines is 2. The number of benzene rings is 2. The number of H-pyrrole nitrogens is 2. The van der Waals surface area contributed by atoms with Crippen LogP contribution in [0.4, 0.5) is 5.82 Å². The zero-order valence-corrected chi connectivity index (χ0v) is 11.2. The van der Waals surface area contributed by atoms with E-state index in [0.717, 1.165) is 16.6 Å². The lowest BCUT2D eigenvalue weighted by molar-refractivity contribution is 1.08. The first-order valence-corrected chi connectivity index (χ1v) is 6.70. The second kappa shape index (κ2) is 4.79. The van der Waals surface area contributed by atoms with E-state index >= 15 is 0 Å². The average molecular weight is 275 g/mol. The Kier molecular flexibility index (Phi) is 2.67. The van der Waals surface area contributed by atoms with E-state index in [-0.39, 0.29) is 0 Å². The molecule has 0 bridgehead atoms. The van der Waals surface area contributed by atoms with Gasteiger partial charge in [-0.05, 0) is 6.07 Å². The van der Waals surface area contributed by atoms with Crippen molar-refractivity contribution in [1.29, 1.82) is 0 Å². The number of nitrogens with one attached hydrogen (secondary N) is 3. The number of hydrogen-bond donors (Lipinski definition) is 3. The van der Waals surface area contributed by atoms with Crippen molar-refractivity contribution >= 4 is 33.8 Å². The summed E-state index contributed by atoms with van der Waals surface area (Å²) in [7, 11) is 0. The fourth-order valence-corrected chi connectivity index (χ4v) is 2.49. The zero-order chi connectivity index (χ0) is 14.1. The molecule has 2 aromatic carbocycles. The summed E-state index contributed by atoms with van der Waals surface area (Å²) < 4.78 is 0. The van der Waals surface area contributed by atoms with Gasteiger partial charge in [-0.1, -0.05) is 36.4 Å². The third-order valence-electron chi connectivity index (χ3n) is 3.46. The molecule has 0 aliphatic heterocycles. The van der Waals surface area contributed by atoms with Crippen molar-refractivity contribution in [2.75, 3.05) is 5.43 Å². The van der Waals surface area contributed by atoms with Crippen LogP contribution in [0.2, 0.25) is 0 Å². The number of rotatable bonds is 3. The molecule has 102 valence electrons.